The quantitative estimate of drug-likeness (QED) is 0.798. The van der Waals surface area contributed by atoms with Gasteiger partial charge >= 0.3 is 0 Å². The number of nitrogens with zero attached hydrogens (tertiary/aromatic N) is 2. The van der Waals surface area contributed by atoms with Gasteiger partial charge in [0, 0.05) is 48.5 Å². The van der Waals surface area contributed by atoms with Crippen LogP contribution in [-0.4, -0.2) is 48.9 Å². The predicted octanol–water partition coefficient (Wildman–Crippen LogP) is 4.22. The highest BCUT2D eigenvalue weighted by atomic mass is 35.5. The molecule has 2 amide bonds. The summed E-state index contributed by atoms with van der Waals surface area (Å²) in [6.45, 7) is 5.59. The lowest BCUT2D eigenvalue weighted by Crippen LogP contribution is -2.45. The van der Waals surface area contributed by atoms with Gasteiger partial charge in [-0.15, -0.1) is 0 Å². The van der Waals surface area contributed by atoms with E-state index >= 15 is 0 Å². The summed E-state index contributed by atoms with van der Waals surface area (Å²) in [5.41, 5.74) is 2.27. The fourth-order valence-electron chi connectivity index (χ4n) is 3.52. The van der Waals surface area contributed by atoms with Crippen molar-refractivity contribution in [1.29, 1.82) is 0 Å². The Balaban J connectivity index is 1.64. The molecule has 1 aliphatic rings. The third-order valence-corrected chi connectivity index (χ3v) is 5.72. The highest BCUT2D eigenvalue weighted by molar-refractivity contribution is 6.30. The minimum atomic E-state index is -0.0971. The summed E-state index contributed by atoms with van der Waals surface area (Å²) in [5, 5.41) is 3.66. The highest BCUT2D eigenvalue weighted by Crippen LogP contribution is 2.26. The van der Waals surface area contributed by atoms with Crippen LogP contribution in [0.3, 0.4) is 0 Å². The number of para-hydroxylation sites is 1. The molecular weight excluding hydrogens is 386 g/mol. The van der Waals surface area contributed by atoms with Crippen LogP contribution in [0.5, 0.6) is 0 Å². The van der Waals surface area contributed by atoms with Gasteiger partial charge in [-0.1, -0.05) is 29.8 Å². The lowest BCUT2D eigenvalue weighted by Gasteiger charge is -2.35. The molecule has 0 atom stereocenters. The van der Waals surface area contributed by atoms with Crippen LogP contribution < -0.4 is 10.2 Å². The number of piperidine rings is 1. The molecule has 1 heterocycles. The van der Waals surface area contributed by atoms with E-state index in [1.54, 1.807) is 29.2 Å². The molecular formula is C23H28ClN3O2. The summed E-state index contributed by atoms with van der Waals surface area (Å²) >= 11 is 5.98. The standard InChI is InChI=1S/C23H28ClN3O2/c1-16(2)26(3)23(29)20-9-4-5-10-21(20)27-13-11-19(12-14-27)25-22(28)17-7-6-8-18(24)15-17/h4-10,15-16,19H,11-14H2,1-3H3,(H,25,28). The average molecular weight is 414 g/mol. The molecule has 0 radical (unpaired) electrons. The van der Waals surface area contributed by atoms with Gasteiger partial charge in [-0.25, -0.2) is 0 Å². The van der Waals surface area contributed by atoms with Crippen LogP contribution in [0.1, 0.15) is 47.4 Å². The first kappa shape index (κ1) is 21.2. The Bertz CT molecular complexity index is 876. The van der Waals surface area contributed by atoms with Crippen LogP contribution in [-0.2, 0) is 0 Å². The summed E-state index contributed by atoms with van der Waals surface area (Å²) < 4.78 is 0. The van der Waals surface area contributed by atoms with Gasteiger partial charge in [0.1, 0.15) is 0 Å². The maximum absolute atomic E-state index is 12.9. The maximum atomic E-state index is 12.9. The van der Waals surface area contributed by atoms with E-state index in [1.807, 2.05) is 45.2 Å². The SMILES string of the molecule is CC(C)N(C)C(=O)c1ccccc1N1CCC(NC(=O)c2cccc(Cl)c2)CC1. The van der Waals surface area contributed by atoms with Gasteiger partial charge in [0.15, 0.2) is 0 Å². The van der Waals surface area contributed by atoms with Crippen LogP contribution >= 0.6 is 11.6 Å². The van der Waals surface area contributed by atoms with E-state index in [-0.39, 0.29) is 23.9 Å². The van der Waals surface area contributed by atoms with Crippen molar-refractivity contribution in [3.63, 3.8) is 0 Å². The van der Waals surface area contributed by atoms with E-state index in [9.17, 15) is 9.59 Å². The van der Waals surface area contributed by atoms with Crippen molar-refractivity contribution in [1.82, 2.24) is 10.2 Å². The number of benzene rings is 2. The number of anilines is 1. The van der Waals surface area contributed by atoms with E-state index < -0.39 is 0 Å². The molecule has 5 nitrogen and oxygen atoms in total. The van der Waals surface area contributed by atoms with Crippen molar-refractivity contribution >= 4 is 29.1 Å². The molecule has 0 bridgehead atoms. The molecule has 6 heteroatoms. The van der Waals surface area contributed by atoms with Gasteiger partial charge in [-0.05, 0) is 57.0 Å². The van der Waals surface area contributed by atoms with Crippen molar-refractivity contribution in [2.75, 3.05) is 25.0 Å². The van der Waals surface area contributed by atoms with Crippen molar-refractivity contribution in [2.45, 2.75) is 38.8 Å². The molecule has 0 saturated carbocycles. The number of carbonyl (C=O) groups excluding carboxylic acids is 2. The van der Waals surface area contributed by atoms with E-state index in [1.165, 1.54) is 0 Å². The summed E-state index contributed by atoms with van der Waals surface area (Å²) in [4.78, 5) is 29.3. The van der Waals surface area contributed by atoms with Gasteiger partial charge < -0.3 is 15.1 Å². The van der Waals surface area contributed by atoms with Crippen LogP contribution in [0.25, 0.3) is 0 Å². The van der Waals surface area contributed by atoms with Crippen molar-refractivity contribution in [2.24, 2.45) is 0 Å². The van der Waals surface area contributed by atoms with E-state index in [4.69, 9.17) is 11.6 Å². The Morgan fingerprint density at radius 3 is 2.45 bits per heavy atom. The predicted molar refractivity (Wildman–Crippen MR) is 118 cm³/mol. The van der Waals surface area contributed by atoms with E-state index in [2.05, 4.69) is 10.2 Å². The monoisotopic (exact) mass is 413 g/mol. The number of amides is 2. The minimum absolute atomic E-state index is 0.0342. The Kier molecular flexibility index (Phi) is 6.80. The van der Waals surface area contributed by atoms with Gasteiger partial charge in [-0.3, -0.25) is 9.59 Å². The zero-order chi connectivity index (χ0) is 21.0. The van der Waals surface area contributed by atoms with Crippen molar-refractivity contribution < 1.29 is 9.59 Å². The Hall–Kier alpha value is -2.53. The first-order valence-electron chi connectivity index (χ1n) is 10.0. The number of hydrogen-bond acceptors (Lipinski definition) is 3. The van der Waals surface area contributed by atoms with Crippen LogP contribution in [0.2, 0.25) is 5.02 Å². The van der Waals surface area contributed by atoms with Crippen LogP contribution in [0, 0.1) is 0 Å². The molecule has 3 rings (SSSR count). The summed E-state index contributed by atoms with van der Waals surface area (Å²) in [6.07, 6.45) is 1.66. The third-order valence-electron chi connectivity index (χ3n) is 5.49. The number of rotatable bonds is 5. The number of nitrogens with one attached hydrogen (secondary N) is 1. The first-order valence-corrected chi connectivity index (χ1v) is 10.4. The molecule has 1 fully saturated rings. The van der Waals surface area contributed by atoms with Gasteiger partial charge in [-0.2, -0.15) is 0 Å². The molecule has 2 aromatic rings. The summed E-state index contributed by atoms with van der Waals surface area (Å²) in [7, 11) is 1.83. The highest BCUT2D eigenvalue weighted by Gasteiger charge is 2.25. The second kappa shape index (κ2) is 9.31. The van der Waals surface area contributed by atoms with Gasteiger partial charge in [0.05, 0.1) is 5.56 Å². The fraction of sp³-hybridized carbons (Fsp3) is 0.391. The molecule has 0 aliphatic carbocycles. The van der Waals surface area contributed by atoms with Crippen molar-refractivity contribution in [3.8, 4) is 0 Å². The largest absolute Gasteiger partial charge is 0.371 e. The normalized spacial score (nSPS) is 14.7. The second-order valence-corrected chi connectivity index (χ2v) is 8.21. The number of carbonyl (C=O) groups is 2. The molecule has 0 spiro atoms. The Morgan fingerprint density at radius 1 is 1.10 bits per heavy atom. The van der Waals surface area contributed by atoms with Gasteiger partial charge in [0.25, 0.3) is 11.8 Å². The van der Waals surface area contributed by atoms with Gasteiger partial charge in [0.2, 0.25) is 0 Å². The molecule has 1 aliphatic heterocycles. The molecule has 0 aromatic heterocycles. The molecule has 154 valence electrons. The van der Waals surface area contributed by atoms with Crippen LogP contribution in [0.4, 0.5) is 5.69 Å². The zero-order valence-electron chi connectivity index (χ0n) is 17.2. The lowest BCUT2D eigenvalue weighted by atomic mass is 10.0. The van der Waals surface area contributed by atoms with Crippen molar-refractivity contribution in [3.05, 3.63) is 64.7 Å². The summed E-state index contributed by atoms with van der Waals surface area (Å²) in [6, 6.07) is 15.0. The Morgan fingerprint density at radius 2 is 1.79 bits per heavy atom. The van der Waals surface area contributed by atoms with E-state index in [0.29, 0.717) is 10.6 Å². The maximum Gasteiger partial charge on any atom is 0.255 e. The molecule has 1 N–H and O–H groups in total. The lowest BCUT2D eigenvalue weighted by molar-refractivity contribution is 0.0755. The first-order chi connectivity index (χ1) is 13.9. The second-order valence-electron chi connectivity index (χ2n) is 7.77. The summed E-state index contributed by atoms with van der Waals surface area (Å²) in [5.74, 6) is -0.0629. The molecule has 1 saturated heterocycles. The fourth-order valence-corrected chi connectivity index (χ4v) is 3.71. The van der Waals surface area contributed by atoms with E-state index in [0.717, 1.165) is 37.2 Å². The number of hydrogen-bond donors (Lipinski definition) is 1. The smallest absolute Gasteiger partial charge is 0.255 e. The topological polar surface area (TPSA) is 52.7 Å². The molecule has 29 heavy (non-hydrogen) atoms. The number of halogens is 1. The minimum Gasteiger partial charge on any atom is -0.371 e. The third kappa shape index (κ3) is 5.10. The average Bonchev–Trinajstić information content (AvgIpc) is 2.73. The Labute approximate surface area is 177 Å². The zero-order valence-corrected chi connectivity index (χ0v) is 17.9. The molecule has 2 aromatic carbocycles. The van der Waals surface area contributed by atoms with Crippen LogP contribution in [0.15, 0.2) is 48.5 Å². The molecule has 0 unspecified atom stereocenters.